The maximum Gasteiger partial charge on any atom is 0.338 e. The van der Waals surface area contributed by atoms with Crippen LogP contribution >= 0.6 is 0 Å². The van der Waals surface area contributed by atoms with E-state index in [-0.39, 0.29) is 23.4 Å². The van der Waals surface area contributed by atoms with E-state index in [0.717, 1.165) is 25.3 Å². The van der Waals surface area contributed by atoms with Crippen LogP contribution in [-0.4, -0.2) is 36.7 Å². The molecule has 0 aliphatic carbocycles. The van der Waals surface area contributed by atoms with Gasteiger partial charge < -0.3 is 14.8 Å². The molecule has 0 fully saturated rings. The first-order valence-electron chi connectivity index (χ1n) is 5.09. The Kier molecular flexibility index (Phi) is 4.69. The SMILES string of the molecule is COC(=O)c1ccc([N+](=O)[O-])cc1C(=O)NCC=O. The average Bonchev–Trinajstić information content (AvgIpc) is 2.43. The maximum atomic E-state index is 11.7. The van der Waals surface area contributed by atoms with Crippen molar-refractivity contribution in [3.05, 3.63) is 39.4 Å². The first-order chi connectivity index (χ1) is 9.01. The van der Waals surface area contributed by atoms with Crippen molar-refractivity contribution in [1.29, 1.82) is 0 Å². The van der Waals surface area contributed by atoms with Crippen LogP contribution < -0.4 is 5.32 Å². The largest absolute Gasteiger partial charge is 0.465 e. The van der Waals surface area contributed by atoms with E-state index in [1.165, 1.54) is 0 Å². The fourth-order valence-electron chi connectivity index (χ4n) is 1.35. The number of nitrogens with one attached hydrogen (secondary N) is 1. The van der Waals surface area contributed by atoms with E-state index >= 15 is 0 Å². The fraction of sp³-hybridized carbons (Fsp3) is 0.182. The number of nitro benzene ring substituents is 1. The predicted molar refractivity (Wildman–Crippen MR) is 62.8 cm³/mol. The molecule has 1 rings (SSSR count). The van der Waals surface area contributed by atoms with E-state index in [0.29, 0.717) is 6.29 Å². The Morgan fingerprint density at radius 3 is 2.63 bits per heavy atom. The Morgan fingerprint density at radius 2 is 2.11 bits per heavy atom. The highest BCUT2D eigenvalue weighted by atomic mass is 16.6. The topological polar surface area (TPSA) is 116 Å². The molecule has 0 atom stereocenters. The molecule has 0 spiro atoms. The summed E-state index contributed by atoms with van der Waals surface area (Å²) in [5.41, 5.74) is -0.677. The van der Waals surface area contributed by atoms with Crippen molar-refractivity contribution in [2.75, 3.05) is 13.7 Å². The first kappa shape index (κ1) is 14.3. The van der Waals surface area contributed by atoms with Crippen LogP contribution in [-0.2, 0) is 9.53 Å². The summed E-state index contributed by atoms with van der Waals surface area (Å²) in [6, 6.07) is 3.16. The molecule has 1 aromatic carbocycles. The number of nitrogens with zero attached hydrogens (tertiary/aromatic N) is 1. The Hall–Kier alpha value is -2.77. The van der Waals surface area contributed by atoms with Gasteiger partial charge in [-0.3, -0.25) is 14.9 Å². The smallest absolute Gasteiger partial charge is 0.338 e. The van der Waals surface area contributed by atoms with Gasteiger partial charge in [0, 0.05) is 12.1 Å². The number of ether oxygens (including phenoxy) is 1. The van der Waals surface area contributed by atoms with Gasteiger partial charge in [0.1, 0.15) is 6.29 Å². The number of hydrogen-bond donors (Lipinski definition) is 1. The van der Waals surface area contributed by atoms with Gasteiger partial charge in [0.25, 0.3) is 11.6 Å². The average molecular weight is 266 g/mol. The molecule has 0 aromatic heterocycles. The standard InChI is InChI=1S/C11H10N2O6/c1-19-11(16)8-3-2-7(13(17)18)6-9(8)10(15)12-4-5-14/h2-3,5-6H,4H2,1H3,(H,12,15). The van der Waals surface area contributed by atoms with Gasteiger partial charge in [0.15, 0.2) is 0 Å². The van der Waals surface area contributed by atoms with Crippen LogP contribution in [0.2, 0.25) is 0 Å². The number of nitro groups is 1. The van der Waals surface area contributed by atoms with Crippen LogP contribution in [0, 0.1) is 10.1 Å². The van der Waals surface area contributed by atoms with E-state index in [4.69, 9.17) is 0 Å². The molecule has 8 heteroatoms. The van der Waals surface area contributed by atoms with Gasteiger partial charge in [-0.1, -0.05) is 0 Å². The highest BCUT2D eigenvalue weighted by Gasteiger charge is 2.21. The Labute approximate surface area is 107 Å². The molecule has 0 saturated heterocycles. The van der Waals surface area contributed by atoms with Crippen molar-refractivity contribution >= 4 is 23.9 Å². The van der Waals surface area contributed by atoms with Crippen LogP contribution in [0.25, 0.3) is 0 Å². The highest BCUT2D eigenvalue weighted by molar-refractivity contribution is 6.06. The lowest BCUT2D eigenvalue weighted by atomic mass is 10.1. The number of carbonyl (C=O) groups is 3. The van der Waals surface area contributed by atoms with Gasteiger partial charge in [-0.25, -0.2) is 4.79 Å². The van der Waals surface area contributed by atoms with Crippen molar-refractivity contribution < 1.29 is 24.0 Å². The molecule has 1 N–H and O–H groups in total. The Balaban J connectivity index is 3.25. The third-order valence-corrected chi connectivity index (χ3v) is 2.21. The molecule has 0 saturated carbocycles. The van der Waals surface area contributed by atoms with Crippen molar-refractivity contribution in [1.82, 2.24) is 5.32 Å². The third kappa shape index (κ3) is 3.35. The number of methoxy groups -OCH3 is 1. The lowest BCUT2D eigenvalue weighted by molar-refractivity contribution is -0.384. The minimum atomic E-state index is -0.800. The molecule has 0 unspecified atom stereocenters. The summed E-state index contributed by atoms with van der Waals surface area (Å²) in [5, 5.41) is 12.8. The van der Waals surface area contributed by atoms with Gasteiger partial charge in [-0.2, -0.15) is 0 Å². The summed E-state index contributed by atoms with van der Waals surface area (Å²) in [7, 11) is 1.12. The molecule has 19 heavy (non-hydrogen) atoms. The zero-order chi connectivity index (χ0) is 14.4. The zero-order valence-electron chi connectivity index (χ0n) is 9.91. The number of amides is 1. The fourth-order valence-corrected chi connectivity index (χ4v) is 1.35. The molecule has 0 aliphatic heterocycles. The summed E-state index contributed by atoms with van der Waals surface area (Å²) in [6.07, 6.45) is 0.451. The molecule has 1 amide bonds. The van der Waals surface area contributed by atoms with Crippen LogP contribution in [0.3, 0.4) is 0 Å². The van der Waals surface area contributed by atoms with Crippen molar-refractivity contribution in [2.24, 2.45) is 0 Å². The molecular formula is C11H10N2O6. The zero-order valence-corrected chi connectivity index (χ0v) is 9.91. The summed E-state index contributed by atoms with van der Waals surface area (Å²) < 4.78 is 4.47. The molecule has 0 aliphatic rings. The summed E-state index contributed by atoms with van der Waals surface area (Å²) >= 11 is 0. The molecule has 100 valence electrons. The van der Waals surface area contributed by atoms with Gasteiger partial charge in [-0.15, -0.1) is 0 Å². The van der Waals surface area contributed by atoms with Crippen LogP contribution in [0.1, 0.15) is 20.7 Å². The number of aldehydes is 1. The van der Waals surface area contributed by atoms with Crippen molar-refractivity contribution in [3.8, 4) is 0 Å². The predicted octanol–water partition coefficient (Wildman–Crippen LogP) is 0.310. The number of hydrogen-bond acceptors (Lipinski definition) is 6. The second-order valence-electron chi connectivity index (χ2n) is 3.36. The normalized spacial score (nSPS) is 9.53. The maximum absolute atomic E-state index is 11.7. The summed E-state index contributed by atoms with van der Waals surface area (Å²) in [5.74, 6) is -1.57. The van der Waals surface area contributed by atoms with Crippen LogP contribution in [0.15, 0.2) is 18.2 Å². The number of non-ortho nitro benzene ring substituents is 1. The number of rotatable bonds is 5. The van der Waals surface area contributed by atoms with Crippen molar-refractivity contribution in [2.45, 2.75) is 0 Å². The van der Waals surface area contributed by atoms with E-state index in [1.54, 1.807) is 0 Å². The summed E-state index contributed by atoms with van der Waals surface area (Å²) in [6.45, 7) is -0.262. The van der Waals surface area contributed by atoms with Gasteiger partial charge in [-0.05, 0) is 6.07 Å². The van der Waals surface area contributed by atoms with E-state index < -0.39 is 16.8 Å². The van der Waals surface area contributed by atoms with E-state index in [9.17, 15) is 24.5 Å². The van der Waals surface area contributed by atoms with E-state index in [1.807, 2.05) is 0 Å². The number of carbonyl (C=O) groups excluding carboxylic acids is 3. The van der Waals surface area contributed by atoms with Crippen LogP contribution in [0.4, 0.5) is 5.69 Å². The van der Waals surface area contributed by atoms with E-state index in [2.05, 4.69) is 10.1 Å². The lowest BCUT2D eigenvalue weighted by Crippen LogP contribution is -2.27. The Bertz CT molecular complexity index is 540. The molecule has 0 bridgehead atoms. The number of esters is 1. The highest BCUT2D eigenvalue weighted by Crippen LogP contribution is 2.18. The quantitative estimate of drug-likeness (QED) is 0.355. The molecular weight excluding hydrogens is 256 g/mol. The summed E-state index contributed by atoms with van der Waals surface area (Å²) in [4.78, 5) is 43.3. The van der Waals surface area contributed by atoms with Gasteiger partial charge in [0.2, 0.25) is 0 Å². The van der Waals surface area contributed by atoms with Gasteiger partial charge in [0.05, 0.1) is 29.7 Å². The molecule has 8 nitrogen and oxygen atoms in total. The van der Waals surface area contributed by atoms with Crippen LogP contribution in [0.5, 0.6) is 0 Å². The second kappa shape index (κ2) is 6.24. The van der Waals surface area contributed by atoms with Crippen molar-refractivity contribution in [3.63, 3.8) is 0 Å². The minimum absolute atomic E-state index is 0.114. The molecule has 0 heterocycles. The lowest BCUT2D eigenvalue weighted by Gasteiger charge is -2.07. The molecule has 0 radical (unpaired) electrons. The molecule has 1 aromatic rings. The monoisotopic (exact) mass is 266 g/mol. The van der Waals surface area contributed by atoms with Gasteiger partial charge >= 0.3 is 5.97 Å². The second-order valence-corrected chi connectivity index (χ2v) is 3.36. The number of benzene rings is 1. The minimum Gasteiger partial charge on any atom is -0.465 e. The Morgan fingerprint density at radius 1 is 1.42 bits per heavy atom. The first-order valence-corrected chi connectivity index (χ1v) is 5.09. The third-order valence-electron chi connectivity index (χ3n) is 2.21.